The topological polar surface area (TPSA) is 125 Å². The van der Waals surface area contributed by atoms with Crippen molar-refractivity contribution in [2.45, 2.75) is 25.3 Å². The number of carbonyl (C=O) groups excluding carboxylic acids is 2. The van der Waals surface area contributed by atoms with Gasteiger partial charge in [0.25, 0.3) is 0 Å². The molecule has 0 saturated carbocycles. The molecule has 0 bridgehead atoms. The Bertz CT molecular complexity index is 992. The lowest BCUT2D eigenvalue weighted by molar-refractivity contribution is -0.136. The molecule has 174 valence electrons. The fourth-order valence-electron chi connectivity index (χ4n) is 2.78. The molecule has 7 heteroatoms. The zero-order valence-electron chi connectivity index (χ0n) is 18.6. The van der Waals surface area contributed by atoms with Crippen LogP contribution in [0.4, 0.5) is 0 Å². The molecule has 0 radical (unpaired) electrons. The number of aliphatic hydroxyl groups is 1. The summed E-state index contributed by atoms with van der Waals surface area (Å²) < 4.78 is 10.4. The van der Waals surface area contributed by atoms with Gasteiger partial charge in [-0.15, -0.1) is 0 Å². The SMILES string of the molecule is COc1ccc(/C=C/C(O)=C/C(=O)/C=C/c2ccc(OC(=O)C(N)CCCCN)cc2)cc1. The average Bonchev–Trinajstić information content (AvgIpc) is 2.82. The van der Waals surface area contributed by atoms with E-state index in [1.807, 2.05) is 12.1 Å². The van der Waals surface area contributed by atoms with Crippen molar-refractivity contribution in [1.29, 1.82) is 0 Å². The van der Waals surface area contributed by atoms with Crippen molar-refractivity contribution < 1.29 is 24.2 Å². The van der Waals surface area contributed by atoms with Gasteiger partial charge in [0.15, 0.2) is 5.78 Å². The van der Waals surface area contributed by atoms with Crippen LogP contribution >= 0.6 is 0 Å². The van der Waals surface area contributed by atoms with E-state index in [-0.39, 0.29) is 11.5 Å². The number of hydrogen-bond donors (Lipinski definition) is 3. The molecule has 0 aromatic heterocycles. The highest BCUT2D eigenvalue weighted by Gasteiger charge is 2.15. The van der Waals surface area contributed by atoms with E-state index in [1.54, 1.807) is 55.7 Å². The maximum absolute atomic E-state index is 12.1. The summed E-state index contributed by atoms with van der Waals surface area (Å²) in [6.07, 6.45) is 9.30. The van der Waals surface area contributed by atoms with Crippen LogP contribution in [0.2, 0.25) is 0 Å². The lowest BCUT2D eigenvalue weighted by Gasteiger charge is -2.11. The van der Waals surface area contributed by atoms with E-state index < -0.39 is 12.0 Å². The first kappa shape index (κ1) is 25.6. The van der Waals surface area contributed by atoms with Crippen molar-refractivity contribution in [1.82, 2.24) is 0 Å². The van der Waals surface area contributed by atoms with Gasteiger partial charge in [0.2, 0.25) is 0 Å². The van der Waals surface area contributed by atoms with E-state index in [0.29, 0.717) is 18.7 Å². The van der Waals surface area contributed by atoms with Gasteiger partial charge in [0.1, 0.15) is 23.3 Å². The van der Waals surface area contributed by atoms with Gasteiger partial charge >= 0.3 is 5.97 Å². The molecule has 0 saturated heterocycles. The third-order valence-corrected chi connectivity index (χ3v) is 4.66. The Morgan fingerprint density at radius 3 is 2.09 bits per heavy atom. The molecule has 2 aromatic rings. The number of ether oxygens (including phenoxy) is 2. The number of carbonyl (C=O) groups is 2. The third-order valence-electron chi connectivity index (χ3n) is 4.66. The third kappa shape index (κ3) is 9.55. The van der Waals surface area contributed by atoms with Crippen molar-refractivity contribution in [3.63, 3.8) is 0 Å². The number of hydrogen-bond acceptors (Lipinski definition) is 7. The first-order valence-electron chi connectivity index (χ1n) is 10.6. The average molecular weight is 451 g/mol. The minimum absolute atomic E-state index is 0.162. The van der Waals surface area contributed by atoms with E-state index >= 15 is 0 Å². The van der Waals surface area contributed by atoms with Crippen LogP contribution in [0.25, 0.3) is 12.2 Å². The molecule has 1 atom stereocenters. The molecular weight excluding hydrogens is 420 g/mol. The highest BCUT2D eigenvalue weighted by molar-refractivity contribution is 6.02. The fraction of sp³-hybridized carbons (Fsp3) is 0.231. The molecule has 5 N–H and O–H groups in total. The summed E-state index contributed by atoms with van der Waals surface area (Å²) in [6.45, 7) is 0.565. The van der Waals surface area contributed by atoms with Crippen LogP contribution < -0.4 is 20.9 Å². The number of benzene rings is 2. The summed E-state index contributed by atoms with van der Waals surface area (Å²) in [5.74, 6) is 0.0875. The van der Waals surface area contributed by atoms with Crippen LogP contribution in [-0.2, 0) is 9.59 Å². The molecule has 0 heterocycles. The molecule has 0 fully saturated rings. The van der Waals surface area contributed by atoms with Gasteiger partial charge in [0.05, 0.1) is 7.11 Å². The van der Waals surface area contributed by atoms with E-state index in [0.717, 1.165) is 35.8 Å². The number of nitrogens with two attached hydrogens (primary N) is 2. The Labute approximate surface area is 194 Å². The van der Waals surface area contributed by atoms with Gasteiger partial charge < -0.3 is 26.0 Å². The molecule has 7 nitrogen and oxygen atoms in total. The summed E-state index contributed by atoms with van der Waals surface area (Å²) in [7, 11) is 1.59. The Morgan fingerprint density at radius 2 is 1.52 bits per heavy atom. The molecule has 0 aliphatic rings. The van der Waals surface area contributed by atoms with E-state index in [4.69, 9.17) is 20.9 Å². The molecule has 0 aliphatic heterocycles. The standard InChI is InChI=1S/C26H30N2O5/c1-32-23-13-7-19(8-14-23)5-11-21(29)18-22(30)12-6-20-9-15-24(16-10-20)33-26(31)25(28)4-2-3-17-27/h5-16,18,25,29H,2-4,17,27-28H2,1H3/b11-5+,12-6+,21-18-. The lowest BCUT2D eigenvalue weighted by atomic mass is 10.1. The molecule has 33 heavy (non-hydrogen) atoms. The van der Waals surface area contributed by atoms with Crippen LogP contribution in [0.5, 0.6) is 11.5 Å². The van der Waals surface area contributed by atoms with Gasteiger partial charge in [0, 0.05) is 6.08 Å². The number of allylic oxidation sites excluding steroid dienone is 3. The second kappa shape index (κ2) is 13.7. The smallest absolute Gasteiger partial charge is 0.328 e. The number of ketones is 1. The van der Waals surface area contributed by atoms with Crippen molar-refractivity contribution >= 4 is 23.9 Å². The molecular formula is C26H30N2O5. The van der Waals surface area contributed by atoms with E-state index in [2.05, 4.69) is 0 Å². The van der Waals surface area contributed by atoms with Crippen LogP contribution in [0.3, 0.4) is 0 Å². The first-order chi connectivity index (χ1) is 15.9. The summed E-state index contributed by atoms with van der Waals surface area (Å²) in [5, 5.41) is 9.94. The molecule has 2 aromatic carbocycles. The number of rotatable bonds is 12. The van der Waals surface area contributed by atoms with Crippen LogP contribution in [0.15, 0.2) is 72.5 Å². The number of methoxy groups -OCH3 is 1. The van der Waals surface area contributed by atoms with Crippen LogP contribution in [-0.4, -0.2) is 36.6 Å². The summed E-state index contributed by atoms with van der Waals surface area (Å²) in [6, 6.07) is 13.3. The number of esters is 1. The van der Waals surface area contributed by atoms with Gasteiger partial charge in [-0.25, -0.2) is 4.79 Å². The van der Waals surface area contributed by atoms with Gasteiger partial charge in [-0.1, -0.05) is 42.8 Å². The highest BCUT2D eigenvalue weighted by atomic mass is 16.5. The second-order valence-electron chi connectivity index (χ2n) is 7.29. The Morgan fingerprint density at radius 1 is 0.939 bits per heavy atom. The zero-order chi connectivity index (χ0) is 24.1. The van der Waals surface area contributed by atoms with E-state index in [1.165, 1.54) is 12.2 Å². The number of unbranched alkanes of at least 4 members (excludes halogenated alkanes) is 1. The van der Waals surface area contributed by atoms with E-state index in [9.17, 15) is 14.7 Å². The molecule has 0 aliphatic carbocycles. The fourth-order valence-corrected chi connectivity index (χ4v) is 2.78. The number of aliphatic hydroxyl groups excluding tert-OH is 1. The minimum atomic E-state index is -0.688. The largest absolute Gasteiger partial charge is 0.508 e. The van der Waals surface area contributed by atoms with Gasteiger partial charge in [-0.3, -0.25) is 4.79 Å². The quantitative estimate of drug-likeness (QED) is 0.112. The first-order valence-corrected chi connectivity index (χ1v) is 10.6. The predicted molar refractivity (Wildman–Crippen MR) is 130 cm³/mol. The minimum Gasteiger partial charge on any atom is -0.508 e. The van der Waals surface area contributed by atoms with Gasteiger partial charge in [-0.05, 0) is 66.9 Å². The lowest BCUT2D eigenvalue weighted by Crippen LogP contribution is -2.34. The van der Waals surface area contributed by atoms with Gasteiger partial charge in [-0.2, -0.15) is 0 Å². The predicted octanol–water partition coefficient (Wildman–Crippen LogP) is 3.79. The van der Waals surface area contributed by atoms with Crippen molar-refractivity contribution in [3.05, 3.63) is 83.6 Å². The Hall–Kier alpha value is -3.68. The highest BCUT2D eigenvalue weighted by Crippen LogP contribution is 2.15. The maximum Gasteiger partial charge on any atom is 0.328 e. The zero-order valence-corrected chi connectivity index (χ0v) is 18.6. The van der Waals surface area contributed by atoms with Crippen molar-refractivity contribution in [3.8, 4) is 11.5 Å². The van der Waals surface area contributed by atoms with Crippen molar-refractivity contribution in [2.24, 2.45) is 11.5 Å². The normalized spacial score (nSPS) is 12.8. The monoisotopic (exact) mass is 450 g/mol. The van der Waals surface area contributed by atoms with Crippen molar-refractivity contribution in [2.75, 3.05) is 13.7 Å². The maximum atomic E-state index is 12.1. The second-order valence-corrected chi connectivity index (χ2v) is 7.29. The molecule has 0 spiro atoms. The molecule has 1 unspecified atom stereocenters. The Kier molecular flexibility index (Phi) is 10.6. The van der Waals surface area contributed by atoms with Crippen LogP contribution in [0.1, 0.15) is 30.4 Å². The summed E-state index contributed by atoms with van der Waals surface area (Å²) >= 11 is 0. The molecule has 2 rings (SSSR count). The molecule has 0 amide bonds. The Balaban J connectivity index is 1.87. The van der Waals surface area contributed by atoms with Crippen LogP contribution in [0, 0.1) is 0 Å². The summed E-state index contributed by atoms with van der Waals surface area (Å²) in [4.78, 5) is 24.1. The summed E-state index contributed by atoms with van der Waals surface area (Å²) in [5.41, 5.74) is 12.8.